The summed E-state index contributed by atoms with van der Waals surface area (Å²) in [6, 6.07) is 11.3. The van der Waals surface area contributed by atoms with Crippen LogP contribution in [0.3, 0.4) is 0 Å². The number of aromatic nitrogens is 3. The summed E-state index contributed by atoms with van der Waals surface area (Å²) in [6.45, 7) is 6.38. The van der Waals surface area contributed by atoms with Crippen LogP contribution in [0, 0.1) is 6.92 Å². The van der Waals surface area contributed by atoms with E-state index >= 15 is 0 Å². The fourth-order valence-corrected chi connectivity index (χ4v) is 5.03. The van der Waals surface area contributed by atoms with E-state index in [9.17, 15) is 4.79 Å². The number of thioether (sulfide) groups is 2. The SMILES string of the molecule is C=CCn1c(CSCc2ccc(Cl)c(Cl)c2)nnc1SCC(=O)Nc1ccc(Br)c(C)c1. The van der Waals surface area contributed by atoms with E-state index in [1.54, 1.807) is 23.9 Å². The lowest BCUT2D eigenvalue weighted by atomic mass is 10.2. The number of hydrogen-bond donors (Lipinski definition) is 1. The highest BCUT2D eigenvalue weighted by Gasteiger charge is 2.14. The minimum Gasteiger partial charge on any atom is -0.325 e. The summed E-state index contributed by atoms with van der Waals surface area (Å²) in [5, 5.41) is 13.3. The highest BCUT2D eigenvalue weighted by atomic mass is 79.9. The molecule has 0 spiro atoms. The molecule has 1 aromatic heterocycles. The van der Waals surface area contributed by atoms with E-state index in [1.165, 1.54) is 11.8 Å². The van der Waals surface area contributed by atoms with Gasteiger partial charge < -0.3 is 9.88 Å². The van der Waals surface area contributed by atoms with E-state index in [-0.39, 0.29) is 11.7 Å². The molecule has 0 unspecified atom stereocenters. The maximum atomic E-state index is 12.4. The standard InChI is InChI=1S/C22H21BrCl2N4OS2/c1-3-8-29-20(12-31-11-15-4-7-18(24)19(25)10-15)27-28-22(29)32-13-21(30)26-16-5-6-17(23)14(2)9-16/h3-7,9-10H,1,8,11-13H2,2H3,(H,26,30). The van der Waals surface area contributed by atoms with Crippen LogP contribution in [-0.2, 0) is 22.8 Å². The topological polar surface area (TPSA) is 59.8 Å². The van der Waals surface area contributed by atoms with Crippen LogP contribution in [0.25, 0.3) is 0 Å². The van der Waals surface area contributed by atoms with Crippen LogP contribution in [0.15, 0.2) is 58.7 Å². The van der Waals surface area contributed by atoms with Gasteiger partial charge in [-0.2, -0.15) is 0 Å². The van der Waals surface area contributed by atoms with Gasteiger partial charge in [0, 0.05) is 22.5 Å². The average Bonchev–Trinajstić information content (AvgIpc) is 3.14. The highest BCUT2D eigenvalue weighted by molar-refractivity contribution is 9.10. The van der Waals surface area contributed by atoms with Gasteiger partial charge in [-0.1, -0.05) is 63.0 Å². The first-order chi connectivity index (χ1) is 15.4. The largest absolute Gasteiger partial charge is 0.325 e. The number of amides is 1. The second-order valence-electron chi connectivity index (χ2n) is 6.84. The zero-order valence-corrected chi connectivity index (χ0v) is 22.0. The Hall–Kier alpha value is -1.45. The van der Waals surface area contributed by atoms with Gasteiger partial charge in [-0.25, -0.2) is 0 Å². The Morgan fingerprint density at radius 3 is 2.72 bits per heavy atom. The predicted molar refractivity (Wildman–Crippen MR) is 140 cm³/mol. The number of carbonyl (C=O) groups excluding carboxylic acids is 1. The number of anilines is 1. The fraction of sp³-hybridized carbons (Fsp3) is 0.227. The molecule has 3 rings (SSSR count). The average molecular weight is 572 g/mol. The van der Waals surface area contributed by atoms with Crippen molar-refractivity contribution in [1.82, 2.24) is 14.8 Å². The van der Waals surface area contributed by atoms with Crippen molar-refractivity contribution in [2.24, 2.45) is 0 Å². The monoisotopic (exact) mass is 570 g/mol. The van der Waals surface area contributed by atoms with Crippen molar-refractivity contribution in [3.05, 3.63) is 80.5 Å². The third kappa shape index (κ3) is 7.02. The highest BCUT2D eigenvalue weighted by Crippen LogP contribution is 2.27. The summed E-state index contributed by atoms with van der Waals surface area (Å²) in [5.74, 6) is 2.42. The number of carbonyl (C=O) groups is 1. The molecule has 1 amide bonds. The molecule has 0 aliphatic heterocycles. The van der Waals surface area contributed by atoms with Gasteiger partial charge in [0.25, 0.3) is 0 Å². The second-order valence-corrected chi connectivity index (χ2v) is 10.4. The Morgan fingerprint density at radius 1 is 1.19 bits per heavy atom. The van der Waals surface area contributed by atoms with Gasteiger partial charge in [-0.3, -0.25) is 4.79 Å². The maximum Gasteiger partial charge on any atom is 0.234 e. The summed E-state index contributed by atoms with van der Waals surface area (Å²) < 4.78 is 2.99. The number of nitrogens with one attached hydrogen (secondary N) is 1. The molecule has 2 aromatic carbocycles. The summed E-state index contributed by atoms with van der Waals surface area (Å²) in [7, 11) is 0. The van der Waals surface area contributed by atoms with Crippen LogP contribution >= 0.6 is 62.7 Å². The molecule has 0 aliphatic carbocycles. The second kappa shape index (κ2) is 12.1. The van der Waals surface area contributed by atoms with Gasteiger partial charge in [0.1, 0.15) is 5.82 Å². The Bertz CT molecular complexity index is 1120. The number of halogens is 3. The summed E-state index contributed by atoms with van der Waals surface area (Å²) >= 11 is 18.6. The van der Waals surface area contributed by atoms with Crippen LogP contribution in [0.2, 0.25) is 10.0 Å². The van der Waals surface area contributed by atoms with Crippen LogP contribution in [0.4, 0.5) is 5.69 Å². The van der Waals surface area contributed by atoms with Crippen molar-refractivity contribution < 1.29 is 4.79 Å². The number of benzene rings is 2. The predicted octanol–water partition coefficient (Wildman–Crippen LogP) is 7.01. The molecule has 1 heterocycles. The Kier molecular flexibility index (Phi) is 9.55. The molecule has 3 aromatic rings. The van der Waals surface area contributed by atoms with Gasteiger partial charge in [0.05, 0.1) is 21.6 Å². The molecule has 0 bridgehead atoms. The third-order valence-corrected chi connectivity index (χ3v) is 7.96. The van der Waals surface area contributed by atoms with Crippen molar-refractivity contribution >= 4 is 74.3 Å². The van der Waals surface area contributed by atoms with E-state index in [1.807, 2.05) is 41.8 Å². The third-order valence-electron chi connectivity index (χ3n) is 4.36. The van der Waals surface area contributed by atoms with Gasteiger partial charge in [0.2, 0.25) is 5.91 Å². The molecule has 1 N–H and O–H groups in total. The van der Waals surface area contributed by atoms with Gasteiger partial charge in [0.15, 0.2) is 5.16 Å². The maximum absolute atomic E-state index is 12.4. The van der Waals surface area contributed by atoms with E-state index in [4.69, 9.17) is 23.2 Å². The molecular weight excluding hydrogens is 551 g/mol. The Labute approximate surface area is 214 Å². The number of rotatable bonds is 10. The van der Waals surface area contributed by atoms with Crippen LogP contribution in [-0.4, -0.2) is 26.4 Å². The first-order valence-electron chi connectivity index (χ1n) is 9.61. The van der Waals surface area contributed by atoms with Crippen molar-refractivity contribution in [3.63, 3.8) is 0 Å². The normalized spacial score (nSPS) is 10.9. The first kappa shape index (κ1) is 25.2. The lowest BCUT2D eigenvalue weighted by molar-refractivity contribution is -0.113. The molecule has 168 valence electrons. The van der Waals surface area contributed by atoms with E-state index < -0.39 is 0 Å². The molecule has 0 aliphatic rings. The molecule has 10 heteroatoms. The molecule has 5 nitrogen and oxygen atoms in total. The molecule has 0 fully saturated rings. The molecule has 0 saturated carbocycles. The summed E-state index contributed by atoms with van der Waals surface area (Å²) in [6.07, 6.45) is 1.80. The molecule has 32 heavy (non-hydrogen) atoms. The number of nitrogens with zero attached hydrogens (tertiary/aromatic N) is 3. The summed E-state index contributed by atoms with van der Waals surface area (Å²) in [5.41, 5.74) is 2.92. The quantitative estimate of drug-likeness (QED) is 0.209. The zero-order valence-electron chi connectivity index (χ0n) is 17.3. The van der Waals surface area contributed by atoms with Crippen molar-refractivity contribution in [1.29, 1.82) is 0 Å². The van der Waals surface area contributed by atoms with Crippen molar-refractivity contribution in [2.75, 3.05) is 11.1 Å². The van der Waals surface area contributed by atoms with Crippen molar-refractivity contribution in [2.45, 2.75) is 30.1 Å². The van der Waals surface area contributed by atoms with Crippen LogP contribution < -0.4 is 5.32 Å². The van der Waals surface area contributed by atoms with Gasteiger partial charge >= 0.3 is 0 Å². The van der Waals surface area contributed by atoms with E-state index in [2.05, 4.69) is 38.0 Å². The molecule has 0 saturated heterocycles. The number of allylic oxidation sites excluding steroid dienone is 1. The fourth-order valence-electron chi connectivity index (χ4n) is 2.78. The zero-order chi connectivity index (χ0) is 23.1. The van der Waals surface area contributed by atoms with Gasteiger partial charge in [-0.15, -0.1) is 28.5 Å². The molecule has 0 radical (unpaired) electrons. The Morgan fingerprint density at radius 2 is 2.00 bits per heavy atom. The molecule has 0 atom stereocenters. The first-order valence-corrected chi connectivity index (χ1v) is 13.3. The number of hydrogen-bond acceptors (Lipinski definition) is 5. The van der Waals surface area contributed by atoms with Gasteiger partial charge in [-0.05, 0) is 48.4 Å². The van der Waals surface area contributed by atoms with Crippen LogP contribution in [0.5, 0.6) is 0 Å². The summed E-state index contributed by atoms with van der Waals surface area (Å²) in [4.78, 5) is 12.4. The number of aryl methyl sites for hydroxylation is 1. The minimum absolute atomic E-state index is 0.0968. The lowest BCUT2D eigenvalue weighted by Crippen LogP contribution is -2.15. The van der Waals surface area contributed by atoms with Crippen molar-refractivity contribution in [3.8, 4) is 0 Å². The Balaban J connectivity index is 1.57. The lowest BCUT2D eigenvalue weighted by Gasteiger charge is -2.09. The van der Waals surface area contributed by atoms with E-state index in [0.29, 0.717) is 27.5 Å². The van der Waals surface area contributed by atoms with Crippen LogP contribution in [0.1, 0.15) is 17.0 Å². The molecular formula is C22H21BrCl2N4OS2. The minimum atomic E-state index is -0.0968. The smallest absolute Gasteiger partial charge is 0.234 e. The van der Waals surface area contributed by atoms with E-state index in [0.717, 1.165) is 32.9 Å².